The number of aromatic nitrogens is 4. The molecule has 0 radical (unpaired) electrons. The fourth-order valence-electron chi connectivity index (χ4n) is 2.99. The average Bonchev–Trinajstić information content (AvgIpc) is 3.21. The number of tetrazole rings is 1. The highest BCUT2D eigenvalue weighted by atomic mass is 32.2. The zero-order valence-electron chi connectivity index (χ0n) is 16.9. The van der Waals surface area contributed by atoms with E-state index in [-0.39, 0.29) is 23.7 Å². The standard InChI is InChI=1S/C19H22N6O5S/c1-24-21-18(20-23-24)12-17(19(26)22-27)25(13-14-6-4-3-5-7-14)31(28,29)16-10-8-15(30-2)9-11-16/h3-11,17,27H,12-13H2,1-2H3,(H,22,26). The highest BCUT2D eigenvalue weighted by Crippen LogP contribution is 2.24. The Kier molecular flexibility index (Phi) is 6.95. The van der Waals surface area contributed by atoms with Gasteiger partial charge in [-0.15, -0.1) is 10.2 Å². The fraction of sp³-hybridized carbons (Fsp3) is 0.263. The molecule has 164 valence electrons. The molecule has 1 atom stereocenters. The van der Waals surface area contributed by atoms with E-state index in [0.29, 0.717) is 11.3 Å². The molecule has 2 aromatic carbocycles. The lowest BCUT2D eigenvalue weighted by Gasteiger charge is -2.29. The number of hydrogen-bond acceptors (Lipinski definition) is 8. The normalized spacial score (nSPS) is 12.5. The van der Waals surface area contributed by atoms with Gasteiger partial charge < -0.3 is 4.74 Å². The Morgan fingerprint density at radius 1 is 1.19 bits per heavy atom. The quantitative estimate of drug-likeness (QED) is 0.358. The molecule has 1 heterocycles. The lowest BCUT2D eigenvalue weighted by atomic mass is 10.1. The molecule has 2 N–H and O–H groups in total. The molecule has 0 bridgehead atoms. The Labute approximate surface area is 179 Å². The predicted molar refractivity (Wildman–Crippen MR) is 108 cm³/mol. The van der Waals surface area contributed by atoms with Crippen LogP contribution in [0.1, 0.15) is 11.4 Å². The van der Waals surface area contributed by atoms with E-state index in [0.717, 1.165) is 4.31 Å². The highest BCUT2D eigenvalue weighted by molar-refractivity contribution is 7.89. The van der Waals surface area contributed by atoms with Gasteiger partial charge in [0, 0.05) is 13.0 Å². The summed E-state index contributed by atoms with van der Waals surface area (Å²) in [6.45, 7) is -0.118. The topological polar surface area (TPSA) is 140 Å². The van der Waals surface area contributed by atoms with Crippen LogP contribution in [0, 0.1) is 0 Å². The summed E-state index contributed by atoms with van der Waals surface area (Å²) in [6, 6.07) is 13.3. The summed E-state index contributed by atoms with van der Waals surface area (Å²) in [5.41, 5.74) is 2.21. The van der Waals surface area contributed by atoms with Gasteiger partial charge in [-0.25, -0.2) is 13.9 Å². The second-order valence-corrected chi connectivity index (χ2v) is 8.49. The van der Waals surface area contributed by atoms with Gasteiger partial charge >= 0.3 is 0 Å². The number of carbonyl (C=O) groups excluding carboxylic acids is 1. The van der Waals surface area contributed by atoms with Crippen LogP contribution in [-0.4, -0.2) is 57.2 Å². The lowest BCUT2D eigenvalue weighted by Crippen LogP contribution is -2.49. The van der Waals surface area contributed by atoms with Gasteiger partial charge in [0.15, 0.2) is 5.82 Å². The van der Waals surface area contributed by atoms with Crippen molar-refractivity contribution in [2.24, 2.45) is 7.05 Å². The molecule has 11 nitrogen and oxygen atoms in total. The predicted octanol–water partition coefficient (Wildman–Crippen LogP) is 0.526. The van der Waals surface area contributed by atoms with Crippen LogP contribution < -0.4 is 10.2 Å². The maximum atomic E-state index is 13.6. The molecule has 1 unspecified atom stereocenters. The first kappa shape index (κ1) is 22.3. The number of nitrogens with one attached hydrogen (secondary N) is 1. The van der Waals surface area contributed by atoms with E-state index in [2.05, 4.69) is 15.4 Å². The van der Waals surface area contributed by atoms with Gasteiger partial charge in [0.1, 0.15) is 11.8 Å². The zero-order chi connectivity index (χ0) is 22.4. The van der Waals surface area contributed by atoms with Crippen LogP contribution in [0.2, 0.25) is 0 Å². The number of amides is 1. The molecule has 0 saturated heterocycles. The SMILES string of the molecule is COc1ccc(S(=O)(=O)N(Cc2ccccc2)C(Cc2nnn(C)n2)C(=O)NO)cc1. The second-order valence-electron chi connectivity index (χ2n) is 6.60. The molecule has 3 rings (SSSR count). The average molecular weight is 446 g/mol. The number of ether oxygens (including phenoxy) is 1. The summed E-state index contributed by atoms with van der Waals surface area (Å²) in [5, 5.41) is 20.9. The van der Waals surface area contributed by atoms with E-state index < -0.39 is 22.0 Å². The van der Waals surface area contributed by atoms with Crippen molar-refractivity contribution >= 4 is 15.9 Å². The number of sulfonamides is 1. The van der Waals surface area contributed by atoms with Crippen molar-refractivity contribution in [1.29, 1.82) is 0 Å². The van der Waals surface area contributed by atoms with Crippen molar-refractivity contribution in [2.45, 2.75) is 23.9 Å². The summed E-state index contributed by atoms with van der Waals surface area (Å²) in [6.07, 6.45) is -0.192. The van der Waals surface area contributed by atoms with E-state index in [1.807, 2.05) is 0 Å². The molecule has 3 aromatic rings. The van der Waals surface area contributed by atoms with Crippen molar-refractivity contribution in [1.82, 2.24) is 30.0 Å². The molecule has 1 amide bonds. The van der Waals surface area contributed by atoms with Crippen LogP contribution in [0.15, 0.2) is 59.5 Å². The molecule has 0 aliphatic rings. The maximum Gasteiger partial charge on any atom is 0.262 e. The molecule has 0 spiro atoms. The first-order chi connectivity index (χ1) is 14.8. The van der Waals surface area contributed by atoms with E-state index >= 15 is 0 Å². The fourth-order valence-corrected chi connectivity index (χ4v) is 4.56. The largest absolute Gasteiger partial charge is 0.497 e. The molecule has 12 heteroatoms. The molecule has 0 aliphatic heterocycles. The number of rotatable bonds is 9. The second kappa shape index (κ2) is 9.64. The summed E-state index contributed by atoms with van der Waals surface area (Å²) in [5.74, 6) is -0.276. The lowest BCUT2D eigenvalue weighted by molar-refractivity contribution is -0.133. The monoisotopic (exact) mass is 446 g/mol. The summed E-state index contributed by atoms with van der Waals surface area (Å²) >= 11 is 0. The Bertz CT molecular complexity index is 1120. The number of methoxy groups -OCH3 is 1. The van der Waals surface area contributed by atoms with Crippen LogP contribution in [-0.2, 0) is 34.8 Å². The van der Waals surface area contributed by atoms with Gasteiger partial charge in [0.2, 0.25) is 10.0 Å². The summed E-state index contributed by atoms with van der Waals surface area (Å²) < 4.78 is 33.2. The van der Waals surface area contributed by atoms with Gasteiger partial charge in [0.25, 0.3) is 5.91 Å². The van der Waals surface area contributed by atoms with Crippen molar-refractivity contribution in [2.75, 3.05) is 7.11 Å². The van der Waals surface area contributed by atoms with Crippen LogP contribution >= 0.6 is 0 Å². The summed E-state index contributed by atoms with van der Waals surface area (Å²) in [4.78, 5) is 13.7. The van der Waals surface area contributed by atoms with Crippen molar-refractivity contribution in [3.8, 4) is 5.75 Å². The Morgan fingerprint density at radius 2 is 1.87 bits per heavy atom. The van der Waals surface area contributed by atoms with Crippen LogP contribution in [0.3, 0.4) is 0 Å². The molecular weight excluding hydrogens is 424 g/mol. The molecular formula is C19H22N6O5S. The minimum atomic E-state index is -4.17. The number of carbonyl (C=O) groups is 1. The van der Waals surface area contributed by atoms with Gasteiger partial charge in [-0.2, -0.15) is 9.10 Å². The van der Waals surface area contributed by atoms with Gasteiger partial charge in [-0.1, -0.05) is 30.3 Å². The van der Waals surface area contributed by atoms with Crippen molar-refractivity contribution in [3.63, 3.8) is 0 Å². The number of aryl methyl sites for hydroxylation is 1. The molecule has 0 saturated carbocycles. The Hall–Kier alpha value is -3.35. The summed E-state index contributed by atoms with van der Waals surface area (Å²) in [7, 11) is -1.15. The van der Waals surface area contributed by atoms with Crippen LogP contribution in [0.4, 0.5) is 0 Å². The smallest absolute Gasteiger partial charge is 0.262 e. The van der Waals surface area contributed by atoms with Crippen molar-refractivity contribution in [3.05, 3.63) is 66.0 Å². The number of benzene rings is 2. The minimum absolute atomic E-state index is 0.0351. The molecule has 1 aromatic heterocycles. The van der Waals surface area contributed by atoms with Crippen LogP contribution in [0.25, 0.3) is 0 Å². The Balaban J connectivity index is 2.06. The molecule has 31 heavy (non-hydrogen) atoms. The third-order valence-corrected chi connectivity index (χ3v) is 6.40. The third-order valence-electron chi connectivity index (χ3n) is 4.53. The molecule has 0 aliphatic carbocycles. The van der Waals surface area contributed by atoms with Crippen LogP contribution in [0.5, 0.6) is 5.75 Å². The zero-order valence-corrected chi connectivity index (χ0v) is 17.7. The van der Waals surface area contributed by atoms with Gasteiger partial charge in [0.05, 0.1) is 19.1 Å². The number of nitrogens with zero attached hydrogens (tertiary/aromatic N) is 5. The van der Waals surface area contributed by atoms with Gasteiger partial charge in [-0.05, 0) is 35.0 Å². The highest BCUT2D eigenvalue weighted by Gasteiger charge is 2.37. The maximum absolute atomic E-state index is 13.6. The van der Waals surface area contributed by atoms with E-state index in [1.165, 1.54) is 36.2 Å². The van der Waals surface area contributed by atoms with Crippen molar-refractivity contribution < 1.29 is 23.2 Å². The third kappa shape index (κ3) is 5.23. The number of hydrogen-bond donors (Lipinski definition) is 2. The van der Waals surface area contributed by atoms with E-state index in [1.54, 1.807) is 42.9 Å². The first-order valence-electron chi connectivity index (χ1n) is 9.22. The molecule has 0 fully saturated rings. The minimum Gasteiger partial charge on any atom is -0.497 e. The number of hydroxylamine groups is 1. The Morgan fingerprint density at radius 3 is 2.42 bits per heavy atom. The van der Waals surface area contributed by atoms with Gasteiger partial charge in [-0.3, -0.25) is 10.0 Å². The van der Waals surface area contributed by atoms with E-state index in [4.69, 9.17) is 4.74 Å². The first-order valence-corrected chi connectivity index (χ1v) is 10.7. The van der Waals surface area contributed by atoms with E-state index in [9.17, 15) is 18.4 Å².